The van der Waals surface area contributed by atoms with Crippen LogP contribution in [-0.2, 0) is 21.2 Å². The second-order valence-electron chi connectivity index (χ2n) is 5.43. The summed E-state index contributed by atoms with van der Waals surface area (Å²) in [7, 11) is -3.33. The van der Waals surface area contributed by atoms with E-state index in [9.17, 15) is 13.2 Å². The van der Waals surface area contributed by atoms with Gasteiger partial charge in [-0.25, -0.2) is 8.42 Å². The Balaban J connectivity index is 1.87. The Bertz CT molecular complexity index is 581. The van der Waals surface area contributed by atoms with Crippen LogP contribution < -0.4 is 0 Å². The number of rotatable bonds is 4. The minimum Gasteiger partial charge on any atom is -0.339 e. The third-order valence-corrected chi connectivity index (χ3v) is 5.32. The molecule has 0 spiro atoms. The summed E-state index contributed by atoms with van der Waals surface area (Å²) in [6, 6.07) is 3.95. The van der Waals surface area contributed by atoms with Gasteiger partial charge in [0.15, 0.2) is 9.84 Å². The van der Waals surface area contributed by atoms with Crippen LogP contribution in [0.15, 0.2) is 24.5 Å². The Morgan fingerprint density at radius 3 is 2.33 bits per heavy atom. The van der Waals surface area contributed by atoms with Crippen molar-refractivity contribution >= 4 is 15.7 Å². The lowest BCUT2D eigenvalue weighted by molar-refractivity contribution is -0.132. The summed E-state index contributed by atoms with van der Waals surface area (Å²) in [6.07, 6.45) is 4.64. The monoisotopic (exact) mass is 311 g/mol. The van der Waals surface area contributed by atoms with Gasteiger partial charge in [-0.3, -0.25) is 14.7 Å². The molecule has 1 aromatic heterocycles. The van der Waals surface area contributed by atoms with Gasteiger partial charge in [0.2, 0.25) is 5.91 Å². The van der Waals surface area contributed by atoms with E-state index in [-0.39, 0.29) is 5.91 Å². The molecule has 1 aromatic rings. The fraction of sp³-hybridized carbons (Fsp3) is 0.571. The van der Waals surface area contributed by atoms with Crippen LogP contribution in [-0.4, -0.2) is 66.8 Å². The van der Waals surface area contributed by atoms with Crippen molar-refractivity contribution in [1.29, 1.82) is 0 Å². The second kappa shape index (κ2) is 6.53. The maximum atomic E-state index is 12.1. The second-order valence-corrected chi connectivity index (χ2v) is 7.79. The summed E-state index contributed by atoms with van der Waals surface area (Å²) in [4.78, 5) is 20.0. The molecule has 0 aromatic carbocycles. The number of carbonyl (C=O) groups excluding carboxylic acids is 1. The Kier molecular flexibility index (Phi) is 4.95. The van der Waals surface area contributed by atoms with Crippen molar-refractivity contribution in [2.75, 3.05) is 32.4 Å². The first-order chi connectivity index (χ1) is 9.88. The number of sulfone groups is 1. The Morgan fingerprint density at radius 2 is 1.81 bits per heavy atom. The van der Waals surface area contributed by atoms with Crippen LogP contribution in [0.2, 0.25) is 0 Å². The molecule has 1 fully saturated rings. The Labute approximate surface area is 125 Å². The number of nitrogens with zero attached hydrogens (tertiary/aromatic N) is 3. The van der Waals surface area contributed by atoms with E-state index in [1.54, 1.807) is 17.3 Å². The zero-order valence-electron chi connectivity index (χ0n) is 12.4. The molecule has 7 heteroatoms. The molecule has 21 heavy (non-hydrogen) atoms. The van der Waals surface area contributed by atoms with Crippen LogP contribution in [0.25, 0.3) is 0 Å². The molecule has 6 nitrogen and oxygen atoms in total. The first-order valence-corrected chi connectivity index (χ1v) is 8.92. The Morgan fingerprint density at radius 1 is 1.24 bits per heavy atom. The van der Waals surface area contributed by atoms with Crippen LogP contribution in [0.3, 0.4) is 0 Å². The van der Waals surface area contributed by atoms with Gasteiger partial charge in [-0.2, -0.15) is 0 Å². The van der Waals surface area contributed by atoms with Gasteiger partial charge in [-0.15, -0.1) is 0 Å². The number of aromatic nitrogens is 1. The van der Waals surface area contributed by atoms with Crippen LogP contribution in [0.1, 0.15) is 12.5 Å². The molecule has 2 heterocycles. The summed E-state index contributed by atoms with van der Waals surface area (Å²) in [5.41, 5.74) is 1.19. The molecule has 1 atom stereocenters. The van der Waals surface area contributed by atoms with E-state index in [0.717, 1.165) is 25.9 Å². The molecule has 116 valence electrons. The normalized spacial score (nSPS) is 18.5. The number of hydrogen-bond acceptors (Lipinski definition) is 5. The predicted octanol–water partition coefficient (Wildman–Crippen LogP) is 0.159. The van der Waals surface area contributed by atoms with Gasteiger partial charge < -0.3 is 4.90 Å². The van der Waals surface area contributed by atoms with E-state index in [1.807, 2.05) is 12.1 Å². The smallest absolute Gasteiger partial charge is 0.240 e. The SMILES string of the molecule is CC(C(=O)N1CCN(Cc2ccncc2)CC1)S(C)(=O)=O. The predicted molar refractivity (Wildman–Crippen MR) is 80.4 cm³/mol. The largest absolute Gasteiger partial charge is 0.339 e. The van der Waals surface area contributed by atoms with Gasteiger partial charge in [0.25, 0.3) is 0 Å². The number of carbonyl (C=O) groups is 1. The summed E-state index contributed by atoms with van der Waals surface area (Å²) >= 11 is 0. The highest BCUT2D eigenvalue weighted by Crippen LogP contribution is 2.11. The highest BCUT2D eigenvalue weighted by atomic mass is 32.2. The van der Waals surface area contributed by atoms with Gasteiger partial charge in [-0.05, 0) is 24.6 Å². The van der Waals surface area contributed by atoms with Crippen molar-refractivity contribution < 1.29 is 13.2 Å². The summed E-state index contributed by atoms with van der Waals surface area (Å²) in [6.45, 7) is 4.94. The maximum absolute atomic E-state index is 12.1. The van der Waals surface area contributed by atoms with E-state index in [1.165, 1.54) is 12.5 Å². The van der Waals surface area contributed by atoms with Crippen molar-refractivity contribution in [2.45, 2.75) is 18.7 Å². The average molecular weight is 311 g/mol. The third-order valence-electron chi connectivity index (χ3n) is 3.83. The van der Waals surface area contributed by atoms with Gasteiger partial charge in [0.1, 0.15) is 5.25 Å². The van der Waals surface area contributed by atoms with Crippen molar-refractivity contribution in [3.8, 4) is 0 Å². The van der Waals surface area contributed by atoms with E-state index in [4.69, 9.17) is 0 Å². The number of piperazine rings is 1. The first kappa shape index (κ1) is 15.9. The molecule has 0 aliphatic carbocycles. The van der Waals surface area contributed by atoms with Gasteiger partial charge in [-0.1, -0.05) is 0 Å². The molecule has 1 unspecified atom stereocenters. The van der Waals surface area contributed by atoms with Gasteiger partial charge in [0, 0.05) is 51.4 Å². The lowest BCUT2D eigenvalue weighted by Crippen LogP contribution is -2.51. The minimum absolute atomic E-state index is 0.291. The van der Waals surface area contributed by atoms with Crippen LogP contribution in [0.4, 0.5) is 0 Å². The number of hydrogen-bond donors (Lipinski definition) is 0. The van der Waals surface area contributed by atoms with Crippen molar-refractivity contribution in [3.05, 3.63) is 30.1 Å². The lowest BCUT2D eigenvalue weighted by Gasteiger charge is -2.35. The molecule has 0 bridgehead atoms. The standard InChI is InChI=1S/C14H21N3O3S/c1-12(21(2,19)20)14(18)17-9-7-16(8-10-17)11-13-3-5-15-6-4-13/h3-6,12H,7-11H2,1-2H3. The fourth-order valence-corrected chi connectivity index (χ4v) is 2.83. The van der Waals surface area contributed by atoms with Crippen molar-refractivity contribution in [3.63, 3.8) is 0 Å². The van der Waals surface area contributed by atoms with Crippen molar-refractivity contribution in [2.24, 2.45) is 0 Å². The fourth-order valence-electron chi connectivity index (χ4n) is 2.31. The Hall–Kier alpha value is -1.47. The number of amides is 1. The maximum Gasteiger partial charge on any atom is 0.240 e. The highest BCUT2D eigenvalue weighted by molar-refractivity contribution is 7.92. The summed E-state index contributed by atoms with van der Waals surface area (Å²) in [5.74, 6) is -0.291. The third kappa shape index (κ3) is 4.25. The molecule has 1 saturated heterocycles. The molecular weight excluding hydrogens is 290 g/mol. The van der Waals surface area contributed by atoms with E-state index < -0.39 is 15.1 Å². The number of pyridine rings is 1. The van der Waals surface area contributed by atoms with E-state index in [0.29, 0.717) is 13.1 Å². The van der Waals surface area contributed by atoms with Crippen LogP contribution in [0, 0.1) is 0 Å². The molecule has 0 radical (unpaired) electrons. The zero-order valence-corrected chi connectivity index (χ0v) is 13.2. The quantitative estimate of drug-likeness (QED) is 0.792. The average Bonchev–Trinajstić information content (AvgIpc) is 2.46. The van der Waals surface area contributed by atoms with Crippen molar-refractivity contribution in [1.82, 2.24) is 14.8 Å². The van der Waals surface area contributed by atoms with E-state index >= 15 is 0 Å². The summed E-state index contributed by atoms with van der Waals surface area (Å²) in [5, 5.41) is -0.954. The summed E-state index contributed by atoms with van der Waals surface area (Å²) < 4.78 is 22.9. The first-order valence-electron chi connectivity index (χ1n) is 6.97. The van der Waals surface area contributed by atoms with Gasteiger partial charge in [0.05, 0.1) is 0 Å². The van der Waals surface area contributed by atoms with Crippen LogP contribution >= 0.6 is 0 Å². The highest BCUT2D eigenvalue weighted by Gasteiger charge is 2.30. The van der Waals surface area contributed by atoms with Crippen LogP contribution in [0.5, 0.6) is 0 Å². The van der Waals surface area contributed by atoms with E-state index in [2.05, 4.69) is 9.88 Å². The molecular formula is C14H21N3O3S. The minimum atomic E-state index is -3.33. The van der Waals surface area contributed by atoms with Gasteiger partial charge >= 0.3 is 0 Å². The molecule has 0 N–H and O–H groups in total. The topological polar surface area (TPSA) is 70.6 Å². The molecule has 1 aliphatic heterocycles. The zero-order chi connectivity index (χ0) is 15.5. The molecule has 0 saturated carbocycles. The molecule has 1 amide bonds. The molecule has 2 rings (SSSR count). The molecule has 1 aliphatic rings. The lowest BCUT2D eigenvalue weighted by atomic mass is 10.2.